The topological polar surface area (TPSA) is 18.5 Å². The summed E-state index contributed by atoms with van der Waals surface area (Å²) in [6.07, 6.45) is 1.12. The summed E-state index contributed by atoms with van der Waals surface area (Å²) in [6.45, 7) is 11.1. The van der Waals surface area contributed by atoms with E-state index in [0.29, 0.717) is 18.4 Å². The van der Waals surface area contributed by atoms with Gasteiger partial charge in [-0.05, 0) is 37.0 Å². The van der Waals surface area contributed by atoms with Crippen molar-refractivity contribution in [2.45, 2.75) is 47.1 Å². The fraction of sp³-hybridized carbons (Fsp3) is 1.00. The van der Waals surface area contributed by atoms with Gasteiger partial charge in [-0.25, -0.2) is 0 Å². The summed E-state index contributed by atoms with van der Waals surface area (Å²) in [6, 6.07) is 0. The van der Waals surface area contributed by atoms with Crippen LogP contribution in [0.5, 0.6) is 0 Å². The van der Waals surface area contributed by atoms with E-state index in [1.54, 1.807) is 0 Å². The lowest BCUT2D eigenvalue weighted by molar-refractivity contribution is 0.171. The molecule has 0 spiro atoms. The van der Waals surface area contributed by atoms with E-state index in [4.69, 9.17) is 20.9 Å². The molecule has 15 heavy (non-hydrogen) atoms. The van der Waals surface area contributed by atoms with Crippen LogP contribution in [0.1, 0.15) is 41.0 Å². The highest BCUT2D eigenvalue weighted by molar-refractivity contribution is 8.60. The zero-order valence-electron chi connectivity index (χ0n) is 10.3. The summed E-state index contributed by atoms with van der Waals surface area (Å²) in [5, 5.41) is 0. The van der Waals surface area contributed by atoms with E-state index in [2.05, 4.69) is 39.9 Å². The second-order valence-corrected chi connectivity index (χ2v) is 9.94. The predicted octanol–water partition coefficient (Wildman–Crippen LogP) is 4.26. The van der Waals surface area contributed by atoms with Crippen LogP contribution in [-0.4, -0.2) is 12.7 Å². The van der Waals surface area contributed by atoms with Gasteiger partial charge in [0.15, 0.2) is 0 Å². The van der Waals surface area contributed by atoms with Crippen molar-refractivity contribution in [1.82, 2.24) is 0 Å². The molecule has 0 amide bonds. The van der Waals surface area contributed by atoms with Crippen molar-refractivity contribution in [1.29, 1.82) is 0 Å². The molecule has 0 fully saturated rings. The minimum absolute atomic E-state index is 0.125. The Balaban J connectivity index is 3.96. The Morgan fingerprint density at radius 2 is 1.67 bits per heavy atom. The molecule has 0 aromatic carbocycles. The molecular formula is C10H23O2PS2. The number of rotatable bonds is 7. The van der Waals surface area contributed by atoms with Crippen LogP contribution in [0.3, 0.4) is 0 Å². The molecule has 92 valence electrons. The molecule has 5 heteroatoms. The summed E-state index contributed by atoms with van der Waals surface area (Å²) in [5.74, 6) is 1.07. The number of thiol groups is 1. The van der Waals surface area contributed by atoms with Gasteiger partial charge in [-0.15, -0.1) is 0 Å². The van der Waals surface area contributed by atoms with Crippen molar-refractivity contribution in [2.24, 2.45) is 11.8 Å². The SMILES string of the molecule is CC(C)COP(=S)(S)OC(C)CC(C)C. The first-order valence-corrected chi connectivity index (χ1v) is 9.17. The van der Waals surface area contributed by atoms with Crippen LogP contribution in [0.4, 0.5) is 0 Å². The van der Waals surface area contributed by atoms with Crippen LogP contribution < -0.4 is 0 Å². The molecule has 2 atom stereocenters. The number of hydrogen-bond donors (Lipinski definition) is 1. The molecule has 0 rings (SSSR count). The quantitative estimate of drug-likeness (QED) is 0.550. The molecule has 0 aliphatic rings. The van der Waals surface area contributed by atoms with Crippen molar-refractivity contribution in [3.8, 4) is 0 Å². The number of hydrogen-bond acceptors (Lipinski definition) is 3. The summed E-state index contributed by atoms with van der Waals surface area (Å²) >= 11 is 9.53. The predicted molar refractivity (Wildman–Crippen MR) is 74.1 cm³/mol. The molecular weight excluding hydrogens is 247 g/mol. The Morgan fingerprint density at radius 3 is 2.07 bits per heavy atom. The van der Waals surface area contributed by atoms with E-state index in [-0.39, 0.29) is 6.10 Å². The standard InChI is InChI=1S/C10H23O2PS2/c1-8(2)6-10(5)12-13(14,15)11-7-9(3)4/h8-10H,6-7H2,1-5H3,(H,14,15). The van der Waals surface area contributed by atoms with Gasteiger partial charge in [-0.2, -0.15) is 0 Å². The molecule has 0 aromatic heterocycles. The van der Waals surface area contributed by atoms with Gasteiger partial charge in [0.2, 0.25) is 5.69 Å². The van der Waals surface area contributed by atoms with Crippen LogP contribution in [-0.2, 0) is 20.9 Å². The first kappa shape index (κ1) is 15.9. The maximum atomic E-state index is 5.67. The Bertz CT molecular complexity index is 219. The lowest BCUT2D eigenvalue weighted by atomic mass is 10.1. The zero-order chi connectivity index (χ0) is 12.1. The third-order valence-electron chi connectivity index (χ3n) is 1.69. The van der Waals surface area contributed by atoms with E-state index in [1.165, 1.54) is 0 Å². The average Bonchev–Trinajstić information content (AvgIpc) is 1.98. The van der Waals surface area contributed by atoms with Crippen LogP contribution >= 0.6 is 17.9 Å². The molecule has 0 bridgehead atoms. The second-order valence-electron chi connectivity index (χ2n) is 4.70. The van der Waals surface area contributed by atoms with Gasteiger partial charge in [0.1, 0.15) is 0 Å². The Hall–Kier alpha value is 0.920. The summed E-state index contributed by atoms with van der Waals surface area (Å²) in [7, 11) is 0. The first-order chi connectivity index (χ1) is 6.73. The largest absolute Gasteiger partial charge is 0.322 e. The summed E-state index contributed by atoms with van der Waals surface area (Å²) in [4.78, 5) is 0. The van der Waals surface area contributed by atoms with Gasteiger partial charge in [-0.3, -0.25) is 0 Å². The lowest BCUT2D eigenvalue weighted by Gasteiger charge is -2.23. The van der Waals surface area contributed by atoms with Gasteiger partial charge in [-0.1, -0.05) is 39.9 Å². The van der Waals surface area contributed by atoms with Crippen LogP contribution in [0.2, 0.25) is 0 Å². The van der Waals surface area contributed by atoms with E-state index in [1.807, 2.05) is 6.92 Å². The van der Waals surface area contributed by atoms with Gasteiger partial charge < -0.3 is 9.05 Å². The van der Waals surface area contributed by atoms with Crippen molar-refractivity contribution in [3.63, 3.8) is 0 Å². The van der Waals surface area contributed by atoms with Gasteiger partial charge in [0.25, 0.3) is 0 Å². The lowest BCUT2D eigenvalue weighted by Crippen LogP contribution is -2.10. The minimum Gasteiger partial charge on any atom is -0.322 e. The van der Waals surface area contributed by atoms with E-state index < -0.39 is 5.69 Å². The first-order valence-electron chi connectivity index (χ1n) is 5.38. The third kappa shape index (κ3) is 9.83. The summed E-state index contributed by atoms with van der Waals surface area (Å²) < 4.78 is 11.2. The molecule has 0 N–H and O–H groups in total. The Labute approximate surface area is 104 Å². The Morgan fingerprint density at radius 1 is 1.13 bits per heavy atom. The minimum atomic E-state index is -2.33. The smallest absolute Gasteiger partial charge is 0.244 e. The highest BCUT2D eigenvalue weighted by atomic mass is 32.9. The highest BCUT2D eigenvalue weighted by Gasteiger charge is 2.18. The molecule has 0 aliphatic heterocycles. The summed E-state index contributed by atoms with van der Waals surface area (Å²) in [5.41, 5.74) is -2.33. The van der Waals surface area contributed by atoms with Crippen molar-refractivity contribution in [2.75, 3.05) is 6.61 Å². The average molecular weight is 270 g/mol. The van der Waals surface area contributed by atoms with Gasteiger partial charge >= 0.3 is 0 Å². The fourth-order valence-corrected chi connectivity index (χ4v) is 3.60. The molecule has 0 aromatic rings. The van der Waals surface area contributed by atoms with Crippen LogP contribution in [0.25, 0.3) is 0 Å². The molecule has 0 aliphatic carbocycles. The normalized spacial score (nSPS) is 18.1. The molecule has 0 saturated carbocycles. The van der Waals surface area contributed by atoms with E-state index >= 15 is 0 Å². The monoisotopic (exact) mass is 270 g/mol. The molecule has 0 radical (unpaired) electrons. The molecule has 2 unspecified atom stereocenters. The maximum Gasteiger partial charge on any atom is 0.244 e. The van der Waals surface area contributed by atoms with E-state index in [0.717, 1.165) is 6.42 Å². The molecule has 0 saturated heterocycles. The molecule has 0 heterocycles. The van der Waals surface area contributed by atoms with Crippen molar-refractivity contribution < 1.29 is 9.05 Å². The van der Waals surface area contributed by atoms with Gasteiger partial charge in [0.05, 0.1) is 12.7 Å². The van der Waals surface area contributed by atoms with Crippen molar-refractivity contribution in [3.05, 3.63) is 0 Å². The third-order valence-corrected chi connectivity index (χ3v) is 3.99. The van der Waals surface area contributed by atoms with E-state index in [9.17, 15) is 0 Å². The zero-order valence-corrected chi connectivity index (χ0v) is 12.9. The Kier molecular flexibility index (Phi) is 7.73. The van der Waals surface area contributed by atoms with Crippen LogP contribution in [0, 0.1) is 11.8 Å². The molecule has 2 nitrogen and oxygen atoms in total. The highest BCUT2D eigenvalue weighted by Crippen LogP contribution is 2.55. The van der Waals surface area contributed by atoms with Gasteiger partial charge in [0, 0.05) is 0 Å². The van der Waals surface area contributed by atoms with Crippen LogP contribution in [0.15, 0.2) is 0 Å². The second kappa shape index (κ2) is 7.29. The van der Waals surface area contributed by atoms with Crippen molar-refractivity contribution >= 4 is 29.7 Å². The maximum absolute atomic E-state index is 5.67. The fourth-order valence-electron chi connectivity index (χ4n) is 1.21.